The number of carbonyl (C=O) groups excluding carboxylic acids is 3. The summed E-state index contributed by atoms with van der Waals surface area (Å²) in [5.74, 6) is -1.72. The van der Waals surface area contributed by atoms with E-state index < -0.39 is 17.8 Å². The van der Waals surface area contributed by atoms with Crippen LogP contribution in [0.5, 0.6) is 11.5 Å². The molecule has 0 spiro atoms. The second-order valence-electron chi connectivity index (χ2n) is 8.25. The summed E-state index contributed by atoms with van der Waals surface area (Å²) in [5.41, 5.74) is 3.81. The minimum absolute atomic E-state index is 0.171. The Kier molecular flexibility index (Phi) is 7.84. The molecule has 0 aliphatic heterocycles. The highest BCUT2D eigenvalue weighted by molar-refractivity contribution is 7.18. The van der Waals surface area contributed by atoms with Gasteiger partial charge in [-0.1, -0.05) is 72.0 Å². The molecule has 0 aliphatic carbocycles. The van der Waals surface area contributed by atoms with E-state index in [2.05, 4.69) is 26.0 Å². The molecule has 40 heavy (non-hydrogen) atoms. The lowest BCUT2D eigenvalue weighted by Crippen LogP contribution is -2.32. The zero-order valence-electron chi connectivity index (χ0n) is 21.0. The van der Waals surface area contributed by atoms with Crippen molar-refractivity contribution in [2.24, 2.45) is 5.10 Å². The van der Waals surface area contributed by atoms with Gasteiger partial charge in [-0.3, -0.25) is 14.9 Å². The largest absolute Gasteiger partial charge is 0.497 e. The van der Waals surface area contributed by atoms with Crippen LogP contribution in [0.2, 0.25) is 0 Å². The van der Waals surface area contributed by atoms with Crippen molar-refractivity contribution in [1.82, 2.24) is 15.6 Å². The molecule has 0 atom stereocenters. The first-order valence-electron chi connectivity index (χ1n) is 11.9. The predicted molar refractivity (Wildman–Crippen MR) is 152 cm³/mol. The Hall–Kier alpha value is -5.42. The number of hydrogen-bond donors (Lipinski definition) is 2. The molecule has 1 heterocycles. The first-order chi connectivity index (χ1) is 19.5. The second-order valence-corrected chi connectivity index (χ2v) is 9.23. The van der Waals surface area contributed by atoms with Crippen LogP contribution in [0.3, 0.4) is 0 Å². The van der Waals surface area contributed by atoms with Crippen LogP contribution in [0.15, 0.2) is 96.1 Å². The van der Waals surface area contributed by atoms with Crippen LogP contribution in [-0.2, 0) is 9.59 Å². The number of benzene rings is 4. The van der Waals surface area contributed by atoms with Gasteiger partial charge in [-0.15, -0.1) is 10.2 Å². The lowest BCUT2D eigenvalue weighted by atomic mass is 10.0. The molecular formula is C29H21N5O5S. The number of ether oxygens (including phenoxy) is 2. The molecule has 0 saturated carbocycles. The van der Waals surface area contributed by atoms with Gasteiger partial charge in [0.1, 0.15) is 16.5 Å². The van der Waals surface area contributed by atoms with Crippen molar-refractivity contribution in [3.05, 3.63) is 102 Å². The van der Waals surface area contributed by atoms with E-state index in [0.717, 1.165) is 27.7 Å². The van der Waals surface area contributed by atoms with E-state index >= 15 is 0 Å². The Bertz CT molecular complexity index is 1720. The monoisotopic (exact) mass is 551 g/mol. The normalized spacial score (nSPS) is 10.8. The summed E-state index contributed by atoms with van der Waals surface area (Å²) in [6.45, 7) is 0. The number of hydrazone groups is 1. The Balaban J connectivity index is 1.29. The van der Waals surface area contributed by atoms with E-state index in [4.69, 9.17) is 9.47 Å². The number of fused-ring (bicyclic) bond motifs is 1. The lowest BCUT2D eigenvalue weighted by molar-refractivity contribution is -0.136. The second kappa shape index (κ2) is 12.0. The molecule has 2 N–H and O–H groups in total. The zero-order valence-corrected chi connectivity index (χ0v) is 21.8. The number of amides is 2. The van der Waals surface area contributed by atoms with Crippen LogP contribution >= 0.6 is 11.3 Å². The molecule has 2 amide bonds. The molecule has 5 rings (SSSR count). The van der Waals surface area contributed by atoms with Gasteiger partial charge in [-0.25, -0.2) is 10.2 Å². The molecule has 4 aromatic carbocycles. The summed E-state index contributed by atoms with van der Waals surface area (Å²) < 4.78 is 10.8. The number of nitrogens with one attached hydrogen (secondary N) is 2. The van der Waals surface area contributed by atoms with E-state index in [1.54, 1.807) is 36.4 Å². The number of nitrogens with zero attached hydrogens (tertiary/aromatic N) is 3. The van der Waals surface area contributed by atoms with Gasteiger partial charge in [-0.2, -0.15) is 5.10 Å². The van der Waals surface area contributed by atoms with Crippen molar-refractivity contribution in [3.63, 3.8) is 0 Å². The topological polar surface area (TPSA) is 132 Å². The third-order valence-electron chi connectivity index (χ3n) is 5.69. The van der Waals surface area contributed by atoms with Gasteiger partial charge in [-0.05, 0) is 41.1 Å². The Morgan fingerprint density at radius 3 is 2.38 bits per heavy atom. The van der Waals surface area contributed by atoms with Gasteiger partial charge in [0.25, 0.3) is 0 Å². The molecule has 0 bridgehead atoms. The molecule has 1 aromatic heterocycles. The minimum atomic E-state index is -1.01. The molecule has 0 aliphatic rings. The predicted octanol–water partition coefficient (Wildman–Crippen LogP) is 4.67. The molecule has 0 saturated heterocycles. The summed E-state index contributed by atoms with van der Waals surface area (Å²) >= 11 is 1.13. The molecule has 0 fully saturated rings. The van der Waals surface area contributed by atoms with Crippen LogP contribution < -0.4 is 20.2 Å². The maximum Gasteiger partial charge on any atom is 0.343 e. The van der Waals surface area contributed by atoms with E-state index in [0.29, 0.717) is 21.9 Å². The molecule has 198 valence electrons. The maximum atomic E-state index is 12.8. The third-order valence-corrected chi connectivity index (χ3v) is 6.58. The van der Waals surface area contributed by atoms with Gasteiger partial charge in [0.05, 0.1) is 18.9 Å². The number of esters is 1. The molecule has 0 unspecified atom stereocenters. The fourth-order valence-corrected chi connectivity index (χ4v) is 4.46. The van der Waals surface area contributed by atoms with E-state index in [1.807, 2.05) is 54.6 Å². The highest BCUT2D eigenvalue weighted by atomic mass is 32.1. The van der Waals surface area contributed by atoms with E-state index in [-0.39, 0.29) is 10.9 Å². The Labute approximate surface area is 232 Å². The molecular weight excluding hydrogens is 530 g/mol. The smallest absolute Gasteiger partial charge is 0.343 e. The zero-order chi connectivity index (χ0) is 27.9. The average molecular weight is 552 g/mol. The van der Waals surface area contributed by atoms with Crippen LogP contribution in [0.1, 0.15) is 15.9 Å². The summed E-state index contributed by atoms with van der Waals surface area (Å²) in [6, 6.07) is 26.7. The first kappa shape index (κ1) is 26.2. The fourth-order valence-electron chi connectivity index (χ4n) is 3.71. The van der Waals surface area contributed by atoms with Crippen molar-refractivity contribution in [1.29, 1.82) is 0 Å². The van der Waals surface area contributed by atoms with Crippen LogP contribution in [-0.4, -0.2) is 41.3 Å². The minimum Gasteiger partial charge on any atom is -0.497 e. The molecule has 10 nitrogen and oxygen atoms in total. The Morgan fingerprint density at radius 1 is 0.850 bits per heavy atom. The number of aromatic nitrogens is 2. The number of hydrogen-bond acceptors (Lipinski definition) is 9. The number of methoxy groups -OCH3 is 1. The van der Waals surface area contributed by atoms with Gasteiger partial charge in [0.15, 0.2) is 0 Å². The van der Waals surface area contributed by atoms with E-state index in [1.165, 1.54) is 13.3 Å². The molecule has 11 heteroatoms. The van der Waals surface area contributed by atoms with Crippen LogP contribution in [0.4, 0.5) is 5.13 Å². The van der Waals surface area contributed by atoms with Gasteiger partial charge >= 0.3 is 17.8 Å². The molecule has 5 aromatic rings. The average Bonchev–Trinajstić information content (AvgIpc) is 3.46. The number of rotatable bonds is 7. The Morgan fingerprint density at radius 2 is 1.60 bits per heavy atom. The highest BCUT2D eigenvalue weighted by Crippen LogP contribution is 2.28. The number of anilines is 1. The fraction of sp³-hybridized carbons (Fsp3) is 0.0345. The van der Waals surface area contributed by atoms with Gasteiger partial charge in [0, 0.05) is 11.1 Å². The summed E-state index contributed by atoms with van der Waals surface area (Å²) in [4.78, 5) is 37.6. The maximum absolute atomic E-state index is 12.8. The lowest BCUT2D eigenvalue weighted by Gasteiger charge is -2.11. The van der Waals surface area contributed by atoms with E-state index in [9.17, 15) is 14.4 Å². The highest BCUT2D eigenvalue weighted by Gasteiger charge is 2.17. The summed E-state index contributed by atoms with van der Waals surface area (Å²) in [5, 5.41) is 16.7. The van der Waals surface area contributed by atoms with Gasteiger partial charge < -0.3 is 9.47 Å². The van der Waals surface area contributed by atoms with Crippen molar-refractivity contribution in [2.75, 3.05) is 12.4 Å². The third kappa shape index (κ3) is 6.00. The van der Waals surface area contributed by atoms with Crippen molar-refractivity contribution < 1.29 is 23.9 Å². The molecule has 0 radical (unpaired) electrons. The SMILES string of the molecule is COc1ccc(C(=O)Oc2ccc3ccccc3c2C=NNC(=O)C(=O)Nc2nnc(-c3ccccc3)s2)cc1. The quantitative estimate of drug-likeness (QED) is 0.0987. The summed E-state index contributed by atoms with van der Waals surface area (Å²) in [7, 11) is 1.54. The van der Waals surface area contributed by atoms with Crippen LogP contribution in [0.25, 0.3) is 21.3 Å². The van der Waals surface area contributed by atoms with Crippen molar-refractivity contribution >= 4 is 51.2 Å². The summed E-state index contributed by atoms with van der Waals surface area (Å²) in [6.07, 6.45) is 1.32. The van der Waals surface area contributed by atoms with Crippen molar-refractivity contribution in [2.45, 2.75) is 0 Å². The van der Waals surface area contributed by atoms with Gasteiger partial charge in [0.2, 0.25) is 5.13 Å². The standard InChI is InChI=1S/C29H21N5O5S/c1-38-21-14-11-20(12-15-21)28(37)39-24-16-13-18-7-5-6-10-22(18)23(24)17-30-32-26(36)25(35)31-29-34-33-27(40-29)19-8-3-2-4-9-19/h2-17H,1H3,(H,32,36)(H,31,34,35). The van der Waals surface area contributed by atoms with Crippen molar-refractivity contribution in [3.8, 4) is 22.1 Å². The van der Waals surface area contributed by atoms with Crippen LogP contribution in [0, 0.1) is 0 Å². The number of carbonyl (C=O) groups is 3. The first-order valence-corrected chi connectivity index (χ1v) is 12.7.